The monoisotopic (exact) mass is 329 g/mol. The maximum atomic E-state index is 13.9. The van der Waals surface area contributed by atoms with Gasteiger partial charge in [0.2, 0.25) is 0 Å². The summed E-state index contributed by atoms with van der Waals surface area (Å²) in [6.45, 7) is 3.11. The van der Waals surface area contributed by atoms with E-state index in [0.29, 0.717) is 44.8 Å². The van der Waals surface area contributed by atoms with Gasteiger partial charge in [-0.05, 0) is 36.2 Å². The van der Waals surface area contributed by atoms with Crippen LogP contribution in [0.15, 0.2) is 42.7 Å². The molecular weight excluding hydrogens is 309 g/mol. The lowest BCUT2D eigenvalue weighted by Gasteiger charge is -2.29. The van der Waals surface area contributed by atoms with Gasteiger partial charge in [-0.3, -0.25) is 9.78 Å². The smallest absolute Gasteiger partial charge is 0.251 e. The molecule has 1 amide bonds. The second-order valence-electron chi connectivity index (χ2n) is 5.66. The molecule has 2 heterocycles. The van der Waals surface area contributed by atoms with Crippen molar-refractivity contribution in [1.29, 1.82) is 0 Å². The minimum Gasteiger partial charge on any atom is -0.378 e. The summed E-state index contributed by atoms with van der Waals surface area (Å²) >= 11 is 0. The van der Waals surface area contributed by atoms with Gasteiger partial charge < -0.3 is 15.0 Å². The van der Waals surface area contributed by atoms with E-state index in [2.05, 4.69) is 10.3 Å². The number of nitrogens with zero attached hydrogens (tertiary/aromatic N) is 2. The van der Waals surface area contributed by atoms with Crippen LogP contribution in [0.5, 0.6) is 0 Å². The topological polar surface area (TPSA) is 54.5 Å². The van der Waals surface area contributed by atoms with E-state index in [0.717, 1.165) is 11.3 Å². The van der Waals surface area contributed by atoms with Crippen LogP contribution in [0, 0.1) is 5.82 Å². The van der Waals surface area contributed by atoms with Gasteiger partial charge in [0.15, 0.2) is 0 Å². The number of hydrogen-bond acceptors (Lipinski definition) is 4. The number of pyridine rings is 1. The molecule has 1 aromatic heterocycles. The lowest BCUT2D eigenvalue weighted by molar-refractivity contribution is 0.0953. The van der Waals surface area contributed by atoms with Gasteiger partial charge in [-0.25, -0.2) is 4.39 Å². The van der Waals surface area contributed by atoms with Gasteiger partial charge in [-0.2, -0.15) is 0 Å². The summed E-state index contributed by atoms with van der Waals surface area (Å²) in [5.41, 5.74) is 2.10. The number of morpholine rings is 1. The summed E-state index contributed by atoms with van der Waals surface area (Å²) in [6, 6.07) is 8.27. The number of nitrogens with one attached hydrogen (secondary N) is 1. The quantitative estimate of drug-likeness (QED) is 0.912. The van der Waals surface area contributed by atoms with E-state index in [1.807, 2.05) is 17.0 Å². The fraction of sp³-hybridized carbons (Fsp3) is 0.333. The third kappa shape index (κ3) is 4.29. The molecule has 1 saturated heterocycles. The molecule has 126 valence electrons. The Labute approximate surface area is 140 Å². The molecule has 3 rings (SSSR count). The average molecular weight is 329 g/mol. The van der Waals surface area contributed by atoms with Crippen molar-refractivity contribution in [2.45, 2.75) is 6.42 Å². The Morgan fingerprint density at radius 3 is 2.88 bits per heavy atom. The fourth-order valence-corrected chi connectivity index (χ4v) is 2.68. The molecular formula is C18H20FN3O2. The number of rotatable bonds is 5. The summed E-state index contributed by atoms with van der Waals surface area (Å²) < 4.78 is 19.2. The van der Waals surface area contributed by atoms with E-state index in [1.165, 1.54) is 12.1 Å². The van der Waals surface area contributed by atoms with Gasteiger partial charge in [0, 0.05) is 43.3 Å². The lowest BCUT2D eigenvalue weighted by Crippen LogP contribution is -2.36. The average Bonchev–Trinajstić information content (AvgIpc) is 2.63. The van der Waals surface area contributed by atoms with Crippen LogP contribution >= 0.6 is 0 Å². The normalized spacial score (nSPS) is 14.5. The highest BCUT2D eigenvalue weighted by molar-refractivity contribution is 5.95. The highest BCUT2D eigenvalue weighted by atomic mass is 19.1. The van der Waals surface area contributed by atoms with E-state index >= 15 is 0 Å². The van der Waals surface area contributed by atoms with Crippen molar-refractivity contribution in [2.75, 3.05) is 37.7 Å². The van der Waals surface area contributed by atoms with Crippen LogP contribution in [0.3, 0.4) is 0 Å². The summed E-state index contributed by atoms with van der Waals surface area (Å²) in [7, 11) is 0. The summed E-state index contributed by atoms with van der Waals surface area (Å²) in [6.07, 6.45) is 4.16. The van der Waals surface area contributed by atoms with Crippen molar-refractivity contribution >= 4 is 11.6 Å². The first kappa shape index (κ1) is 16.4. The highest BCUT2D eigenvalue weighted by Gasteiger charge is 2.15. The Kier molecular flexibility index (Phi) is 5.38. The van der Waals surface area contributed by atoms with Crippen molar-refractivity contribution in [3.05, 3.63) is 59.7 Å². The summed E-state index contributed by atoms with van der Waals surface area (Å²) in [5, 5.41) is 2.83. The highest BCUT2D eigenvalue weighted by Crippen LogP contribution is 2.20. The molecule has 0 atom stereocenters. The van der Waals surface area contributed by atoms with Crippen molar-refractivity contribution in [3.63, 3.8) is 0 Å². The van der Waals surface area contributed by atoms with Gasteiger partial charge in [0.05, 0.1) is 13.2 Å². The van der Waals surface area contributed by atoms with Crippen molar-refractivity contribution in [3.8, 4) is 0 Å². The second-order valence-corrected chi connectivity index (χ2v) is 5.66. The Balaban J connectivity index is 1.62. The Morgan fingerprint density at radius 2 is 2.12 bits per heavy atom. The minimum atomic E-state index is -0.406. The molecule has 1 aromatic carbocycles. The van der Waals surface area contributed by atoms with Crippen molar-refractivity contribution < 1.29 is 13.9 Å². The Hall–Kier alpha value is -2.47. The minimum absolute atomic E-state index is 0.270. The molecule has 0 radical (unpaired) electrons. The molecule has 1 aliphatic rings. The molecule has 1 N–H and O–H groups in total. The largest absolute Gasteiger partial charge is 0.378 e. The lowest BCUT2D eigenvalue weighted by atomic mass is 10.1. The third-order valence-electron chi connectivity index (χ3n) is 3.94. The van der Waals surface area contributed by atoms with Gasteiger partial charge >= 0.3 is 0 Å². The number of benzene rings is 1. The number of amides is 1. The molecule has 5 nitrogen and oxygen atoms in total. The first-order chi connectivity index (χ1) is 11.7. The number of carbonyl (C=O) groups excluding carboxylic acids is 1. The van der Waals surface area contributed by atoms with Gasteiger partial charge in [0.1, 0.15) is 5.82 Å². The Morgan fingerprint density at radius 1 is 1.29 bits per heavy atom. The van der Waals surface area contributed by atoms with Gasteiger partial charge in [0.25, 0.3) is 5.91 Å². The van der Waals surface area contributed by atoms with Gasteiger partial charge in [-0.1, -0.05) is 6.07 Å². The Bertz CT molecular complexity index is 688. The molecule has 24 heavy (non-hydrogen) atoms. The molecule has 2 aromatic rings. The summed E-state index contributed by atoms with van der Waals surface area (Å²) in [5.74, 6) is -0.677. The predicted molar refractivity (Wildman–Crippen MR) is 89.7 cm³/mol. The zero-order valence-electron chi connectivity index (χ0n) is 13.4. The molecule has 1 aliphatic heterocycles. The molecule has 0 saturated carbocycles. The molecule has 0 unspecified atom stereocenters. The first-order valence-corrected chi connectivity index (χ1v) is 8.03. The predicted octanol–water partition coefficient (Wildman–Crippen LogP) is 2.03. The van der Waals surface area contributed by atoms with Crippen LogP contribution < -0.4 is 10.2 Å². The van der Waals surface area contributed by atoms with Crippen LogP contribution in [-0.4, -0.2) is 43.7 Å². The SMILES string of the molecule is O=C(NCCc1cccnc1)c1cc(F)cc(N2CCOCC2)c1. The van der Waals surface area contributed by atoms with E-state index in [9.17, 15) is 9.18 Å². The van der Waals surface area contributed by atoms with E-state index in [1.54, 1.807) is 18.5 Å². The maximum Gasteiger partial charge on any atom is 0.251 e. The number of aromatic nitrogens is 1. The standard InChI is InChI=1S/C18H20FN3O2/c19-16-10-15(11-17(12-16)22-6-8-24-9-7-22)18(23)21-5-3-14-2-1-4-20-13-14/h1-2,4,10-13H,3,5-9H2,(H,21,23). The molecule has 6 heteroatoms. The number of anilines is 1. The van der Waals surface area contributed by atoms with E-state index < -0.39 is 5.82 Å². The summed E-state index contributed by atoms with van der Waals surface area (Å²) in [4.78, 5) is 18.3. The molecule has 1 fully saturated rings. The van der Waals surface area contributed by atoms with Crippen LogP contribution in [0.2, 0.25) is 0 Å². The van der Waals surface area contributed by atoms with E-state index in [-0.39, 0.29) is 5.91 Å². The third-order valence-corrected chi connectivity index (χ3v) is 3.94. The van der Waals surface area contributed by atoms with Crippen LogP contribution in [0.1, 0.15) is 15.9 Å². The first-order valence-electron chi connectivity index (χ1n) is 8.03. The molecule has 0 aliphatic carbocycles. The zero-order valence-corrected chi connectivity index (χ0v) is 13.4. The van der Waals surface area contributed by atoms with E-state index in [4.69, 9.17) is 4.74 Å². The van der Waals surface area contributed by atoms with Crippen LogP contribution in [0.25, 0.3) is 0 Å². The van der Waals surface area contributed by atoms with Crippen LogP contribution in [-0.2, 0) is 11.2 Å². The maximum absolute atomic E-state index is 13.9. The van der Waals surface area contributed by atoms with Crippen LogP contribution in [0.4, 0.5) is 10.1 Å². The number of hydrogen-bond donors (Lipinski definition) is 1. The second kappa shape index (κ2) is 7.88. The fourth-order valence-electron chi connectivity index (χ4n) is 2.68. The van der Waals surface area contributed by atoms with Crippen molar-refractivity contribution in [2.24, 2.45) is 0 Å². The zero-order chi connectivity index (χ0) is 16.8. The number of halogens is 1. The molecule has 0 bridgehead atoms. The molecule has 0 spiro atoms. The number of carbonyl (C=O) groups is 1. The number of ether oxygens (including phenoxy) is 1. The van der Waals surface area contributed by atoms with Gasteiger partial charge in [-0.15, -0.1) is 0 Å². The van der Waals surface area contributed by atoms with Crippen molar-refractivity contribution in [1.82, 2.24) is 10.3 Å².